The molecule has 0 bridgehead atoms. The molecule has 0 aliphatic heterocycles. The molecule has 1 rings (SSSR count). The molecule has 0 aromatic carbocycles. The van der Waals surface area contributed by atoms with Crippen LogP contribution in [0.1, 0.15) is 19.8 Å². The Kier molecular flexibility index (Phi) is 5.19. The molecule has 0 amide bonds. The largest absolute Gasteiger partial charge is 0.385 e. The van der Waals surface area contributed by atoms with Crippen molar-refractivity contribution >= 4 is 17.3 Å². The first kappa shape index (κ1) is 11.7. The summed E-state index contributed by atoms with van der Waals surface area (Å²) >= 11 is 5.13. The van der Waals surface area contributed by atoms with Gasteiger partial charge in [-0.05, 0) is 36.9 Å². The molecule has 2 N–H and O–H groups in total. The number of hydrogen-bond acceptors (Lipinski definition) is 2. The molecule has 2 atom stereocenters. The molecule has 0 saturated heterocycles. The fourth-order valence-corrected chi connectivity index (χ4v) is 1.57. The van der Waals surface area contributed by atoms with Crippen LogP contribution in [-0.4, -0.2) is 31.9 Å². The third kappa shape index (κ3) is 4.77. The molecule has 14 heavy (non-hydrogen) atoms. The van der Waals surface area contributed by atoms with Crippen molar-refractivity contribution in [1.29, 1.82) is 0 Å². The second-order valence-corrected chi connectivity index (χ2v) is 4.36. The highest BCUT2D eigenvalue weighted by atomic mass is 32.1. The van der Waals surface area contributed by atoms with Gasteiger partial charge < -0.3 is 15.4 Å². The highest BCUT2D eigenvalue weighted by Gasteiger charge is 2.31. The SMILES string of the molecule is COCCCNC(=S)NCC1CC1C. The van der Waals surface area contributed by atoms with Crippen LogP contribution in [0, 0.1) is 11.8 Å². The van der Waals surface area contributed by atoms with Crippen LogP contribution >= 0.6 is 12.2 Å². The lowest BCUT2D eigenvalue weighted by Gasteiger charge is -2.09. The van der Waals surface area contributed by atoms with Crippen LogP contribution in [0.4, 0.5) is 0 Å². The van der Waals surface area contributed by atoms with Crippen LogP contribution in [0.2, 0.25) is 0 Å². The van der Waals surface area contributed by atoms with Gasteiger partial charge >= 0.3 is 0 Å². The molecule has 1 fully saturated rings. The molecular weight excluding hydrogens is 196 g/mol. The molecule has 3 nitrogen and oxygen atoms in total. The zero-order valence-corrected chi connectivity index (χ0v) is 9.82. The van der Waals surface area contributed by atoms with Gasteiger partial charge in [0.2, 0.25) is 0 Å². The summed E-state index contributed by atoms with van der Waals surface area (Å²) in [6, 6.07) is 0. The van der Waals surface area contributed by atoms with Crippen LogP contribution in [0.5, 0.6) is 0 Å². The molecular formula is C10H20N2OS. The average molecular weight is 216 g/mol. The number of nitrogens with one attached hydrogen (secondary N) is 2. The van der Waals surface area contributed by atoms with E-state index >= 15 is 0 Å². The van der Waals surface area contributed by atoms with Crippen molar-refractivity contribution in [3.63, 3.8) is 0 Å². The predicted molar refractivity (Wildman–Crippen MR) is 62.4 cm³/mol. The quantitative estimate of drug-likeness (QED) is 0.515. The molecule has 1 aliphatic rings. The van der Waals surface area contributed by atoms with Crippen LogP contribution in [0.15, 0.2) is 0 Å². The van der Waals surface area contributed by atoms with E-state index in [1.807, 2.05) is 0 Å². The molecule has 82 valence electrons. The van der Waals surface area contributed by atoms with Crippen molar-refractivity contribution in [1.82, 2.24) is 10.6 Å². The molecule has 2 unspecified atom stereocenters. The molecule has 0 spiro atoms. The van der Waals surface area contributed by atoms with Crippen LogP contribution in [0.3, 0.4) is 0 Å². The number of rotatable bonds is 6. The highest BCUT2D eigenvalue weighted by molar-refractivity contribution is 7.80. The third-order valence-electron chi connectivity index (χ3n) is 2.61. The van der Waals surface area contributed by atoms with E-state index in [1.165, 1.54) is 6.42 Å². The van der Waals surface area contributed by atoms with Crippen molar-refractivity contribution in [2.45, 2.75) is 19.8 Å². The number of hydrogen-bond donors (Lipinski definition) is 2. The lowest BCUT2D eigenvalue weighted by Crippen LogP contribution is -2.37. The van der Waals surface area contributed by atoms with Crippen molar-refractivity contribution in [2.24, 2.45) is 11.8 Å². The Morgan fingerprint density at radius 1 is 1.50 bits per heavy atom. The lowest BCUT2D eigenvalue weighted by molar-refractivity contribution is 0.195. The standard InChI is InChI=1S/C10H20N2OS/c1-8-6-9(8)7-12-10(14)11-4-3-5-13-2/h8-9H,3-7H2,1-2H3,(H2,11,12,14). The Morgan fingerprint density at radius 3 is 2.79 bits per heavy atom. The first-order valence-electron chi connectivity index (χ1n) is 5.24. The minimum atomic E-state index is 0.778. The topological polar surface area (TPSA) is 33.3 Å². The summed E-state index contributed by atoms with van der Waals surface area (Å²) in [5.74, 6) is 1.73. The maximum atomic E-state index is 5.13. The Balaban J connectivity index is 1.88. The Hall–Kier alpha value is -0.350. The van der Waals surface area contributed by atoms with E-state index in [-0.39, 0.29) is 0 Å². The summed E-state index contributed by atoms with van der Waals surface area (Å²) < 4.78 is 4.94. The molecule has 0 radical (unpaired) electrons. The van der Waals surface area contributed by atoms with E-state index in [0.717, 1.165) is 43.1 Å². The van der Waals surface area contributed by atoms with E-state index in [9.17, 15) is 0 Å². The number of methoxy groups -OCH3 is 1. The van der Waals surface area contributed by atoms with Gasteiger partial charge in [-0.1, -0.05) is 6.92 Å². The first-order valence-corrected chi connectivity index (χ1v) is 5.65. The molecule has 4 heteroatoms. The second kappa shape index (κ2) is 6.19. The van der Waals surface area contributed by atoms with Gasteiger partial charge in [0, 0.05) is 26.8 Å². The number of ether oxygens (including phenoxy) is 1. The third-order valence-corrected chi connectivity index (χ3v) is 2.90. The van der Waals surface area contributed by atoms with Crippen LogP contribution < -0.4 is 10.6 Å². The van der Waals surface area contributed by atoms with Gasteiger partial charge in [-0.3, -0.25) is 0 Å². The summed E-state index contributed by atoms with van der Waals surface area (Å²) in [6.07, 6.45) is 2.34. The van der Waals surface area contributed by atoms with Gasteiger partial charge in [-0.25, -0.2) is 0 Å². The van der Waals surface area contributed by atoms with Crippen molar-refractivity contribution in [3.8, 4) is 0 Å². The summed E-state index contributed by atoms with van der Waals surface area (Å²) in [5.41, 5.74) is 0. The summed E-state index contributed by atoms with van der Waals surface area (Å²) in [5, 5.41) is 7.17. The fraction of sp³-hybridized carbons (Fsp3) is 0.900. The molecule has 0 heterocycles. The highest BCUT2D eigenvalue weighted by Crippen LogP contribution is 2.36. The van der Waals surface area contributed by atoms with Gasteiger partial charge in [-0.15, -0.1) is 0 Å². The summed E-state index contributed by atoms with van der Waals surface area (Å²) in [7, 11) is 1.71. The minimum absolute atomic E-state index is 0.778. The molecule has 0 aromatic heterocycles. The second-order valence-electron chi connectivity index (χ2n) is 3.96. The van der Waals surface area contributed by atoms with E-state index in [1.54, 1.807) is 7.11 Å². The fourth-order valence-electron chi connectivity index (χ4n) is 1.39. The van der Waals surface area contributed by atoms with Crippen LogP contribution in [0.25, 0.3) is 0 Å². The van der Waals surface area contributed by atoms with Gasteiger partial charge in [0.1, 0.15) is 0 Å². The van der Waals surface area contributed by atoms with E-state index in [2.05, 4.69) is 17.6 Å². The monoisotopic (exact) mass is 216 g/mol. The zero-order valence-electron chi connectivity index (χ0n) is 9.01. The summed E-state index contributed by atoms with van der Waals surface area (Å²) in [6.45, 7) is 4.98. The van der Waals surface area contributed by atoms with Crippen molar-refractivity contribution in [2.75, 3.05) is 26.8 Å². The Morgan fingerprint density at radius 2 is 2.21 bits per heavy atom. The maximum absolute atomic E-state index is 5.13. The van der Waals surface area contributed by atoms with Gasteiger partial charge in [-0.2, -0.15) is 0 Å². The summed E-state index contributed by atoms with van der Waals surface area (Å²) in [4.78, 5) is 0. The van der Waals surface area contributed by atoms with E-state index in [4.69, 9.17) is 17.0 Å². The molecule has 1 saturated carbocycles. The average Bonchev–Trinajstić information content (AvgIpc) is 2.86. The van der Waals surface area contributed by atoms with Crippen molar-refractivity contribution < 1.29 is 4.74 Å². The maximum Gasteiger partial charge on any atom is 0.166 e. The predicted octanol–water partition coefficient (Wildman–Crippen LogP) is 1.14. The number of thiocarbonyl (C=S) groups is 1. The van der Waals surface area contributed by atoms with Crippen LogP contribution in [-0.2, 0) is 4.74 Å². The Bertz CT molecular complexity index is 187. The van der Waals surface area contributed by atoms with Crippen molar-refractivity contribution in [3.05, 3.63) is 0 Å². The zero-order chi connectivity index (χ0) is 10.4. The normalized spacial score (nSPS) is 24.4. The van der Waals surface area contributed by atoms with Gasteiger partial charge in [0.15, 0.2) is 5.11 Å². The molecule has 1 aliphatic carbocycles. The first-order chi connectivity index (χ1) is 6.74. The lowest BCUT2D eigenvalue weighted by atomic mass is 10.3. The Labute approximate surface area is 91.6 Å². The smallest absolute Gasteiger partial charge is 0.166 e. The van der Waals surface area contributed by atoms with Gasteiger partial charge in [0.05, 0.1) is 0 Å². The minimum Gasteiger partial charge on any atom is -0.385 e. The van der Waals surface area contributed by atoms with E-state index in [0.29, 0.717) is 0 Å². The van der Waals surface area contributed by atoms with Gasteiger partial charge in [0.25, 0.3) is 0 Å². The van der Waals surface area contributed by atoms with E-state index < -0.39 is 0 Å². The molecule has 0 aromatic rings.